The molecule has 28 heavy (non-hydrogen) atoms. The molecule has 0 aliphatic rings. The highest BCUT2D eigenvalue weighted by molar-refractivity contribution is 8.01. The number of ether oxygens (including phenoxy) is 1. The van der Waals surface area contributed by atoms with Gasteiger partial charge in [-0.2, -0.15) is 17.5 Å². The molecule has 10 heteroatoms. The zero-order valence-electron chi connectivity index (χ0n) is 14.5. The second-order valence-electron chi connectivity index (χ2n) is 5.52. The van der Waals surface area contributed by atoms with E-state index in [0.29, 0.717) is 15.9 Å². The van der Waals surface area contributed by atoms with Crippen LogP contribution in [0.1, 0.15) is 5.56 Å². The van der Waals surface area contributed by atoms with Crippen molar-refractivity contribution in [2.75, 3.05) is 18.2 Å². The van der Waals surface area contributed by atoms with Crippen LogP contribution in [0.4, 0.5) is 18.9 Å². The van der Waals surface area contributed by atoms with Crippen molar-refractivity contribution >= 4 is 34.9 Å². The van der Waals surface area contributed by atoms with Crippen molar-refractivity contribution in [3.8, 4) is 17.1 Å². The average molecular weight is 425 g/mol. The monoisotopic (exact) mass is 425 g/mol. The normalized spacial score (nSPS) is 11.3. The summed E-state index contributed by atoms with van der Waals surface area (Å²) >= 11 is 2.38. The van der Waals surface area contributed by atoms with Gasteiger partial charge < -0.3 is 10.1 Å². The predicted molar refractivity (Wildman–Crippen MR) is 103 cm³/mol. The molecular formula is C18H14F3N3O2S2. The van der Waals surface area contributed by atoms with Crippen LogP contribution in [0.15, 0.2) is 52.9 Å². The van der Waals surface area contributed by atoms with Crippen LogP contribution < -0.4 is 10.1 Å². The molecule has 0 bridgehead atoms. The van der Waals surface area contributed by atoms with Crippen LogP contribution in [0.2, 0.25) is 0 Å². The van der Waals surface area contributed by atoms with Gasteiger partial charge >= 0.3 is 6.18 Å². The number of aromatic nitrogens is 2. The molecular weight excluding hydrogens is 411 g/mol. The summed E-state index contributed by atoms with van der Waals surface area (Å²) in [6.07, 6.45) is -4.40. The predicted octanol–water partition coefficient (Wildman–Crippen LogP) is 4.96. The summed E-state index contributed by atoms with van der Waals surface area (Å²) in [5.41, 5.74) is 0.368. The lowest BCUT2D eigenvalue weighted by molar-refractivity contribution is -0.137. The Balaban J connectivity index is 1.54. The number of halogens is 3. The van der Waals surface area contributed by atoms with Gasteiger partial charge in [0.2, 0.25) is 5.91 Å². The van der Waals surface area contributed by atoms with Crippen LogP contribution in [-0.2, 0) is 11.0 Å². The van der Waals surface area contributed by atoms with Gasteiger partial charge in [-0.15, -0.1) is 0 Å². The minimum absolute atomic E-state index is 0.0677. The second kappa shape index (κ2) is 8.61. The van der Waals surface area contributed by atoms with Crippen molar-refractivity contribution in [2.24, 2.45) is 0 Å². The molecule has 3 aromatic rings. The minimum atomic E-state index is -4.40. The van der Waals surface area contributed by atoms with Crippen molar-refractivity contribution in [3.63, 3.8) is 0 Å². The summed E-state index contributed by atoms with van der Waals surface area (Å²) in [6, 6.07) is 11.6. The maximum atomic E-state index is 12.5. The molecule has 1 aromatic heterocycles. The molecule has 1 amide bonds. The number of nitrogens with zero attached hydrogens (tertiary/aromatic N) is 2. The maximum absolute atomic E-state index is 12.5. The molecule has 0 fully saturated rings. The molecule has 0 spiro atoms. The number of hydrogen-bond acceptors (Lipinski definition) is 6. The molecule has 146 valence electrons. The van der Waals surface area contributed by atoms with Crippen LogP contribution in [0.25, 0.3) is 11.4 Å². The van der Waals surface area contributed by atoms with E-state index in [2.05, 4.69) is 14.7 Å². The van der Waals surface area contributed by atoms with E-state index in [4.69, 9.17) is 4.74 Å². The highest BCUT2D eigenvalue weighted by atomic mass is 32.2. The first-order valence-electron chi connectivity index (χ1n) is 7.93. The molecule has 0 aliphatic carbocycles. The quantitative estimate of drug-likeness (QED) is 0.566. The zero-order chi connectivity index (χ0) is 20.1. The first-order chi connectivity index (χ1) is 13.3. The number of amides is 1. The highest BCUT2D eigenvalue weighted by Gasteiger charge is 2.29. The Labute approximate surface area is 167 Å². The molecule has 1 heterocycles. The smallest absolute Gasteiger partial charge is 0.416 e. The fourth-order valence-electron chi connectivity index (χ4n) is 2.19. The van der Waals surface area contributed by atoms with Gasteiger partial charge in [0.1, 0.15) is 5.75 Å². The first kappa shape index (κ1) is 20.2. The van der Waals surface area contributed by atoms with E-state index < -0.39 is 11.7 Å². The third kappa shape index (κ3) is 5.23. The standard InChI is InChI=1S/C18H14F3N3O2S2/c1-26-14-8-2-11(3-9-14)16-23-17(28-24-16)27-10-15(25)22-13-6-4-12(5-7-13)18(19,20)21/h2-9H,10H2,1H3,(H,22,25). The number of carbonyl (C=O) groups is 1. The third-order valence-electron chi connectivity index (χ3n) is 3.58. The lowest BCUT2D eigenvalue weighted by Crippen LogP contribution is -2.14. The Morgan fingerprint density at radius 3 is 2.43 bits per heavy atom. The fraction of sp³-hybridized carbons (Fsp3) is 0.167. The van der Waals surface area contributed by atoms with Gasteiger partial charge in [0, 0.05) is 11.3 Å². The van der Waals surface area contributed by atoms with Gasteiger partial charge in [-0.3, -0.25) is 4.79 Å². The number of anilines is 1. The topological polar surface area (TPSA) is 64.1 Å². The fourth-order valence-corrected chi connectivity index (χ4v) is 3.61. The lowest BCUT2D eigenvalue weighted by atomic mass is 10.2. The number of nitrogens with one attached hydrogen (secondary N) is 1. The van der Waals surface area contributed by atoms with Gasteiger partial charge in [-0.05, 0) is 60.1 Å². The zero-order valence-corrected chi connectivity index (χ0v) is 16.1. The van der Waals surface area contributed by atoms with Gasteiger partial charge in [0.15, 0.2) is 10.2 Å². The summed E-state index contributed by atoms with van der Waals surface area (Å²) < 4.78 is 47.6. The number of benzene rings is 2. The van der Waals surface area contributed by atoms with Crippen LogP contribution in [0, 0.1) is 0 Å². The van der Waals surface area contributed by atoms with Crippen molar-refractivity contribution < 1.29 is 22.7 Å². The number of hydrogen-bond donors (Lipinski definition) is 1. The number of rotatable bonds is 6. The molecule has 0 unspecified atom stereocenters. The van der Waals surface area contributed by atoms with E-state index in [0.717, 1.165) is 23.4 Å². The summed E-state index contributed by atoms with van der Waals surface area (Å²) in [6.45, 7) is 0. The highest BCUT2D eigenvalue weighted by Crippen LogP contribution is 2.30. The number of methoxy groups -OCH3 is 1. The van der Waals surface area contributed by atoms with Gasteiger partial charge in [0.25, 0.3) is 0 Å². The number of thioether (sulfide) groups is 1. The van der Waals surface area contributed by atoms with E-state index in [-0.39, 0.29) is 11.7 Å². The van der Waals surface area contributed by atoms with Crippen molar-refractivity contribution in [3.05, 3.63) is 54.1 Å². The Morgan fingerprint density at radius 2 is 1.82 bits per heavy atom. The number of carbonyl (C=O) groups excluding carboxylic acids is 1. The van der Waals surface area contributed by atoms with Gasteiger partial charge in [-0.1, -0.05) is 11.8 Å². The molecule has 2 aromatic carbocycles. The van der Waals surface area contributed by atoms with Crippen molar-refractivity contribution in [2.45, 2.75) is 10.5 Å². The summed E-state index contributed by atoms with van der Waals surface area (Å²) in [5, 5.41) is 2.56. The summed E-state index contributed by atoms with van der Waals surface area (Å²) in [7, 11) is 1.58. The van der Waals surface area contributed by atoms with Crippen molar-refractivity contribution in [1.29, 1.82) is 0 Å². The summed E-state index contributed by atoms with van der Waals surface area (Å²) in [4.78, 5) is 16.4. The molecule has 0 saturated carbocycles. The van der Waals surface area contributed by atoms with Crippen LogP contribution >= 0.6 is 23.3 Å². The molecule has 1 N–H and O–H groups in total. The SMILES string of the molecule is COc1ccc(-c2nsc(SCC(=O)Nc3ccc(C(F)(F)F)cc3)n2)cc1. The van der Waals surface area contributed by atoms with E-state index in [1.165, 1.54) is 35.4 Å². The third-order valence-corrected chi connectivity index (χ3v) is 5.41. The molecule has 0 radical (unpaired) electrons. The molecule has 0 atom stereocenters. The van der Waals surface area contributed by atoms with Gasteiger partial charge in [0.05, 0.1) is 18.4 Å². The van der Waals surface area contributed by atoms with E-state index in [1.54, 1.807) is 19.2 Å². The number of alkyl halides is 3. The molecule has 0 aliphatic heterocycles. The van der Waals surface area contributed by atoms with E-state index in [1.807, 2.05) is 12.1 Å². The second-order valence-corrected chi connectivity index (χ2v) is 7.50. The average Bonchev–Trinajstić information content (AvgIpc) is 3.15. The van der Waals surface area contributed by atoms with Crippen molar-refractivity contribution in [1.82, 2.24) is 9.36 Å². The molecule has 0 saturated heterocycles. The Kier molecular flexibility index (Phi) is 6.20. The van der Waals surface area contributed by atoms with E-state index in [9.17, 15) is 18.0 Å². The molecule has 5 nitrogen and oxygen atoms in total. The lowest BCUT2D eigenvalue weighted by Gasteiger charge is -2.08. The Bertz CT molecular complexity index is 942. The Morgan fingerprint density at radius 1 is 1.14 bits per heavy atom. The van der Waals surface area contributed by atoms with Gasteiger partial charge in [-0.25, -0.2) is 4.98 Å². The first-order valence-corrected chi connectivity index (χ1v) is 9.69. The maximum Gasteiger partial charge on any atom is 0.416 e. The minimum Gasteiger partial charge on any atom is -0.497 e. The van der Waals surface area contributed by atoms with Crippen LogP contribution in [0.3, 0.4) is 0 Å². The largest absolute Gasteiger partial charge is 0.497 e. The summed E-state index contributed by atoms with van der Waals surface area (Å²) in [5.74, 6) is 1.01. The van der Waals surface area contributed by atoms with Crippen LogP contribution in [0.5, 0.6) is 5.75 Å². The Hall–Kier alpha value is -2.59. The van der Waals surface area contributed by atoms with E-state index >= 15 is 0 Å². The molecule has 3 rings (SSSR count). The van der Waals surface area contributed by atoms with Crippen LogP contribution in [-0.4, -0.2) is 28.1 Å².